The smallest absolute Gasteiger partial charge is 0.324 e. The molecule has 3 amide bonds. The summed E-state index contributed by atoms with van der Waals surface area (Å²) in [5.41, 5.74) is 0.985. The van der Waals surface area contributed by atoms with E-state index in [0.29, 0.717) is 6.42 Å². The number of amides is 3. The van der Waals surface area contributed by atoms with Crippen LogP contribution < -0.4 is 5.32 Å². The molecule has 1 aliphatic heterocycles. The summed E-state index contributed by atoms with van der Waals surface area (Å²) in [5.74, 6) is -0.287. The van der Waals surface area contributed by atoms with E-state index in [1.807, 2.05) is 30.3 Å². The Balaban J connectivity index is 2.11. The molecule has 0 bridgehead atoms. The number of urea groups is 1. The van der Waals surface area contributed by atoms with Gasteiger partial charge in [-0.2, -0.15) is 0 Å². The Morgan fingerprint density at radius 1 is 1.29 bits per heavy atom. The molecule has 2 rings (SSSR count). The highest BCUT2D eigenvalue weighted by Gasteiger charge is 2.34. The van der Waals surface area contributed by atoms with Crippen molar-refractivity contribution in [1.82, 2.24) is 10.2 Å². The van der Waals surface area contributed by atoms with Crippen LogP contribution in [0.25, 0.3) is 0 Å². The van der Waals surface area contributed by atoms with Crippen LogP contribution in [0.1, 0.15) is 5.56 Å². The summed E-state index contributed by atoms with van der Waals surface area (Å²) in [6.45, 7) is -0.210. The fourth-order valence-electron chi connectivity index (χ4n) is 1.93. The first-order chi connectivity index (χ1) is 8.22. The molecule has 5 heteroatoms. The molecule has 1 saturated heterocycles. The summed E-state index contributed by atoms with van der Waals surface area (Å²) in [4.78, 5) is 24.1. The Labute approximate surface area is 99.0 Å². The number of nitrogens with one attached hydrogen (secondary N) is 1. The van der Waals surface area contributed by atoms with Crippen molar-refractivity contribution in [3.05, 3.63) is 35.9 Å². The van der Waals surface area contributed by atoms with Crippen molar-refractivity contribution in [1.29, 1.82) is 0 Å². The van der Waals surface area contributed by atoms with E-state index in [9.17, 15) is 14.7 Å². The minimum atomic E-state index is -0.493. The van der Waals surface area contributed by atoms with Crippen LogP contribution in [0.15, 0.2) is 30.3 Å². The third-order valence-corrected chi connectivity index (χ3v) is 2.77. The molecular weight excluding hydrogens is 220 g/mol. The maximum Gasteiger partial charge on any atom is 0.324 e. The van der Waals surface area contributed by atoms with Crippen LogP contribution in [-0.4, -0.2) is 41.1 Å². The van der Waals surface area contributed by atoms with Gasteiger partial charge in [-0.15, -0.1) is 0 Å². The largest absolute Gasteiger partial charge is 0.394 e. The van der Waals surface area contributed by atoms with Gasteiger partial charge in [-0.3, -0.25) is 9.69 Å². The molecule has 1 aliphatic rings. The molecule has 0 aromatic heterocycles. The summed E-state index contributed by atoms with van der Waals surface area (Å²) < 4.78 is 0. The Hall–Kier alpha value is -1.88. The third kappa shape index (κ3) is 2.45. The van der Waals surface area contributed by atoms with E-state index in [4.69, 9.17) is 0 Å². The van der Waals surface area contributed by atoms with Gasteiger partial charge < -0.3 is 10.4 Å². The first kappa shape index (κ1) is 11.6. The maximum absolute atomic E-state index is 11.5. The highest BCUT2D eigenvalue weighted by Crippen LogP contribution is 2.12. The topological polar surface area (TPSA) is 69.6 Å². The van der Waals surface area contributed by atoms with E-state index in [-0.39, 0.29) is 19.1 Å². The molecule has 0 aliphatic carbocycles. The fourth-order valence-corrected chi connectivity index (χ4v) is 1.93. The van der Waals surface area contributed by atoms with Gasteiger partial charge in [-0.05, 0) is 12.0 Å². The van der Waals surface area contributed by atoms with Crippen LogP contribution >= 0.6 is 0 Å². The van der Waals surface area contributed by atoms with Crippen molar-refractivity contribution in [3.8, 4) is 0 Å². The number of hydrogen-bond acceptors (Lipinski definition) is 3. The molecular formula is C12H14N2O3. The molecule has 1 aromatic carbocycles. The third-order valence-electron chi connectivity index (χ3n) is 2.77. The lowest BCUT2D eigenvalue weighted by Gasteiger charge is -2.23. The van der Waals surface area contributed by atoms with Crippen molar-refractivity contribution in [3.63, 3.8) is 0 Å². The number of aliphatic hydroxyl groups is 1. The number of rotatable bonds is 4. The number of hydrogen-bond donors (Lipinski definition) is 2. The summed E-state index contributed by atoms with van der Waals surface area (Å²) in [6.07, 6.45) is 0.469. The summed E-state index contributed by atoms with van der Waals surface area (Å²) in [7, 11) is 0. The molecule has 90 valence electrons. The average molecular weight is 234 g/mol. The molecule has 1 fully saturated rings. The van der Waals surface area contributed by atoms with Crippen molar-refractivity contribution < 1.29 is 14.7 Å². The summed E-state index contributed by atoms with van der Waals surface area (Å²) >= 11 is 0. The fraction of sp³-hybridized carbons (Fsp3) is 0.333. The van der Waals surface area contributed by atoms with Crippen LogP contribution in [-0.2, 0) is 11.2 Å². The lowest BCUT2D eigenvalue weighted by Crippen LogP contribution is -2.44. The Morgan fingerprint density at radius 2 is 2.00 bits per heavy atom. The van der Waals surface area contributed by atoms with E-state index in [0.717, 1.165) is 10.5 Å². The average Bonchev–Trinajstić information content (AvgIpc) is 2.68. The van der Waals surface area contributed by atoms with Crippen molar-refractivity contribution in [2.45, 2.75) is 12.5 Å². The molecule has 1 heterocycles. The Morgan fingerprint density at radius 3 is 2.53 bits per heavy atom. The number of carbonyl (C=O) groups excluding carboxylic acids is 2. The molecule has 0 spiro atoms. The van der Waals surface area contributed by atoms with E-state index in [1.54, 1.807) is 0 Å². The zero-order chi connectivity index (χ0) is 12.3. The quantitative estimate of drug-likeness (QED) is 0.728. The molecule has 2 N–H and O–H groups in total. The molecule has 1 unspecified atom stereocenters. The van der Waals surface area contributed by atoms with E-state index in [1.165, 1.54) is 0 Å². The monoisotopic (exact) mass is 234 g/mol. The normalized spacial score (nSPS) is 17.1. The highest BCUT2D eigenvalue weighted by atomic mass is 16.3. The van der Waals surface area contributed by atoms with E-state index >= 15 is 0 Å². The first-order valence-electron chi connectivity index (χ1n) is 5.47. The van der Waals surface area contributed by atoms with Gasteiger partial charge >= 0.3 is 6.03 Å². The van der Waals surface area contributed by atoms with Gasteiger partial charge in [0, 0.05) is 0 Å². The zero-order valence-corrected chi connectivity index (χ0v) is 9.30. The number of benzene rings is 1. The SMILES string of the molecule is O=C1CNC(=O)N1C(CO)Cc1ccccc1. The number of aliphatic hydroxyl groups excluding tert-OH is 1. The summed E-state index contributed by atoms with van der Waals surface area (Å²) in [6, 6.07) is 8.55. The number of nitrogens with zero attached hydrogens (tertiary/aromatic N) is 1. The first-order valence-corrected chi connectivity index (χ1v) is 5.47. The second-order valence-corrected chi connectivity index (χ2v) is 3.95. The number of carbonyl (C=O) groups is 2. The minimum Gasteiger partial charge on any atom is -0.394 e. The zero-order valence-electron chi connectivity index (χ0n) is 9.30. The lowest BCUT2D eigenvalue weighted by atomic mass is 10.1. The molecule has 0 radical (unpaired) electrons. The van der Waals surface area contributed by atoms with Gasteiger partial charge in [-0.25, -0.2) is 4.79 Å². The predicted octanol–water partition coefficient (Wildman–Crippen LogP) is 0.142. The van der Waals surface area contributed by atoms with Crippen LogP contribution in [0.2, 0.25) is 0 Å². The van der Waals surface area contributed by atoms with Crippen molar-refractivity contribution in [2.75, 3.05) is 13.2 Å². The molecule has 1 atom stereocenters. The molecule has 1 aromatic rings. The Bertz CT molecular complexity index is 403. The molecule has 0 saturated carbocycles. The van der Waals surface area contributed by atoms with Gasteiger partial charge in [-0.1, -0.05) is 30.3 Å². The highest BCUT2D eigenvalue weighted by molar-refractivity contribution is 6.02. The minimum absolute atomic E-state index is 0.0180. The van der Waals surface area contributed by atoms with Gasteiger partial charge in [0.2, 0.25) is 5.91 Å². The van der Waals surface area contributed by atoms with E-state index in [2.05, 4.69) is 5.32 Å². The molecule has 17 heavy (non-hydrogen) atoms. The number of imide groups is 1. The van der Waals surface area contributed by atoms with Crippen molar-refractivity contribution in [2.24, 2.45) is 0 Å². The van der Waals surface area contributed by atoms with Crippen LogP contribution in [0.3, 0.4) is 0 Å². The van der Waals surface area contributed by atoms with Crippen molar-refractivity contribution >= 4 is 11.9 Å². The van der Waals surface area contributed by atoms with E-state index < -0.39 is 12.1 Å². The van der Waals surface area contributed by atoms with Gasteiger partial charge in [0.1, 0.15) is 0 Å². The van der Waals surface area contributed by atoms with Gasteiger partial charge in [0.25, 0.3) is 0 Å². The second kappa shape index (κ2) is 4.97. The second-order valence-electron chi connectivity index (χ2n) is 3.95. The van der Waals surface area contributed by atoms with Crippen LogP contribution in [0.4, 0.5) is 4.79 Å². The predicted molar refractivity (Wildman–Crippen MR) is 61.3 cm³/mol. The lowest BCUT2D eigenvalue weighted by molar-refractivity contribution is -0.127. The summed E-state index contributed by atoms with van der Waals surface area (Å²) in [5, 5.41) is 11.8. The molecule has 5 nitrogen and oxygen atoms in total. The van der Waals surface area contributed by atoms with Gasteiger partial charge in [0.05, 0.1) is 19.2 Å². The van der Waals surface area contributed by atoms with Crippen LogP contribution in [0, 0.1) is 0 Å². The standard InChI is InChI=1S/C12H14N2O3/c15-8-10(6-9-4-2-1-3-5-9)14-11(16)7-13-12(14)17/h1-5,10,15H,6-8H2,(H,13,17). The Kier molecular flexibility index (Phi) is 3.39. The van der Waals surface area contributed by atoms with Gasteiger partial charge in [0.15, 0.2) is 0 Å². The van der Waals surface area contributed by atoms with Crippen LogP contribution in [0.5, 0.6) is 0 Å². The maximum atomic E-state index is 11.5.